The molecule has 2 heteroatoms. The van der Waals surface area contributed by atoms with E-state index in [9.17, 15) is 4.79 Å². The maximum atomic E-state index is 12.2. The van der Waals surface area contributed by atoms with E-state index in [1.807, 2.05) is 18.4 Å². The number of Topliss-reactive ketones (excluding diaryl/α,β-unsaturated/α-hetero) is 1. The summed E-state index contributed by atoms with van der Waals surface area (Å²) >= 11 is 1.54. The Morgan fingerprint density at radius 3 is 2.53 bits per heavy atom. The fourth-order valence-electron chi connectivity index (χ4n) is 1.90. The van der Waals surface area contributed by atoms with Crippen molar-refractivity contribution in [2.75, 3.05) is 0 Å². The van der Waals surface area contributed by atoms with Gasteiger partial charge in [0.15, 0.2) is 5.78 Å². The van der Waals surface area contributed by atoms with Gasteiger partial charge < -0.3 is 0 Å². The normalized spacial score (nSPS) is 10.5. The molecule has 1 nitrogen and oxygen atoms in total. The number of aryl methyl sites for hydroxylation is 3. The minimum absolute atomic E-state index is 0.228. The topological polar surface area (TPSA) is 17.1 Å². The lowest BCUT2D eigenvalue weighted by Gasteiger charge is -2.06. The van der Waals surface area contributed by atoms with Crippen molar-refractivity contribution in [2.45, 2.75) is 27.2 Å². The molecule has 1 heterocycles. The van der Waals surface area contributed by atoms with E-state index < -0.39 is 0 Å². The van der Waals surface area contributed by atoms with E-state index in [-0.39, 0.29) is 5.78 Å². The highest BCUT2D eigenvalue weighted by Crippen LogP contribution is 2.20. The molecule has 0 saturated carbocycles. The summed E-state index contributed by atoms with van der Waals surface area (Å²) in [6.07, 6.45) is 0.509. The number of rotatable bonds is 3. The van der Waals surface area contributed by atoms with Gasteiger partial charge in [-0.2, -0.15) is 0 Å². The van der Waals surface area contributed by atoms with E-state index >= 15 is 0 Å². The second-order valence-corrected chi connectivity index (χ2v) is 5.38. The fourth-order valence-corrected chi connectivity index (χ4v) is 2.77. The van der Waals surface area contributed by atoms with Crippen molar-refractivity contribution >= 4 is 17.1 Å². The summed E-state index contributed by atoms with van der Waals surface area (Å²) in [5.41, 5.74) is 4.63. The first kappa shape index (κ1) is 12.1. The molecule has 0 unspecified atom stereocenters. The van der Waals surface area contributed by atoms with Crippen LogP contribution in [0, 0.1) is 20.8 Å². The summed E-state index contributed by atoms with van der Waals surface area (Å²) in [7, 11) is 0. The molecule has 2 rings (SSSR count). The van der Waals surface area contributed by atoms with Gasteiger partial charge in [0.25, 0.3) is 0 Å². The van der Waals surface area contributed by atoms with E-state index in [1.54, 1.807) is 0 Å². The maximum Gasteiger partial charge on any atom is 0.177 e. The Kier molecular flexibility index (Phi) is 3.43. The molecular formula is C15H16OS. The number of benzene rings is 1. The predicted molar refractivity (Wildman–Crippen MR) is 73.0 cm³/mol. The third-order valence-corrected chi connectivity index (χ3v) is 4.03. The first-order chi connectivity index (χ1) is 8.08. The van der Waals surface area contributed by atoms with Crippen molar-refractivity contribution < 1.29 is 4.79 Å². The van der Waals surface area contributed by atoms with Gasteiger partial charge >= 0.3 is 0 Å². The Balaban J connectivity index is 2.24. The molecule has 0 aliphatic heterocycles. The molecule has 0 atom stereocenters. The molecule has 0 spiro atoms. The number of hydrogen-bond donors (Lipinski definition) is 0. The minimum atomic E-state index is 0.228. The summed E-state index contributed by atoms with van der Waals surface area (Å²) in [5.74, 6) is 0.228. The van der Waals surface area contributed by atoms with E-state index in [4.69, 9.17) is 0 Å². The zero-order chi connectivity index (χ0) is 12.4. The lowest BCUT2D eigenvalue weighted by molar-refractivity contribution is 0.0996. The molecular weight excluding hydrogens is 228 g/mol. The van der Waals surface area contributed by atoms with Gasteiger partial charge in [0.2, 0.25) is 0 Å². The van der Waals surface area contributed by atoms with E-state index in [0.29, 0.717) is 6.42 Å². The third-order valence-electron chi connectivity index (χ3n) is 2.97. The summed E-state index contributed by atoms with van der Waals surface area (Å²) in [5, 5.41) is 1.98. The molecule has 0 N–H and O–H groups in total. The van der Waals surface area contributed by atoms with Crippen LogP contribution in [-0.2, 0) is 6.42 Å². The Morgan fingerprint density at radius 2 is 1.88 bits per heavy atom. The number of thiophene rings is 1. The first-order valence-corrected chi connectivity index (χ1v) is 6.59. The summed E-state index contributed by atoms with van der Waals surface area (Å²) < 4.78 is 0. The number of ketones is 1. The number of hydrogen-bond acceptors (Lipinski definition) is 2. The molecule has 0 aliphatic carbocycles. The van der Waals surface area contributed by atoms with Gasteiger partial charge in [-0.1, -0.05) is 23.8 Å². The molecule has 0 fully saturated rings. The highest BCUT2D eigenvalue weighted by molar-refractivity contribution is 7.12. The van der Waals surface area contributed by atoms with Gasteiger partial charge in [-0.3, -0.25) is 4.79 Å². The van der Waals surface area contributed by atoms with Crippen molar-refractivity contribution in [3.63, 3.8) is 0 Å². The molecule has 88 valence electrons. The van der Waals surface area contributed by atoms with Gasteiger partial charge in [0.05, 0.1) is 4.88 Å². The van der Waals surface area contributed by atoms with Crippen LogP contribution in [0.15, 0.2) is 29.6 Å². The molecule has 0 aliphatic rings. The molecule has 0 bridgehead atoms. The molecule has 0 radical (unpaired) electrons. The Labute approximate surface area is 106 Å². The average molecular weight is 244 g/mol. The van der Waals surface area contributed by atoms with Crippen LogP contribution in [0.2, 0.25) is 0 Å². The van der Waals surface area contributed by atoms with E-state index in [1.165, 1.54) is 22.5 Å². The van der Waals surface area contributed by atoms with Crippen LogP contribution in [0.5, 0.6) is 0 Å². The lowest BCUT2D eigenvalue weighted by atomic mass is 10.00. The molecule has 0 saturated heterocycles. The van der Waals surface area contributed by atoms with Crippen molar-refractivity contribution in [3.8, 4) is 0 Å². The van der Waals surface area contributed by atoms with Crippen molar-refractivity contribution in [2.24, 2.45) is 0 Å². The zero-order valence-electron chi connectivity index (χ0n) is 10.4. The largest absolute Gasteiger partial charge is 0.293 e. The van der Waals surface area contributed by atoms with E-state index in [2.05, 4.69) is 32.0 Å². The highest BCUT2D eigenvalue weighted by Gasteiger charge is 2.12. The lowest BCUT2D eigenvalue weighted by Crippen LogP contribution is -2.04. The minimum Gasteiger partial charge on any atom is -0.293 e. The zero-order valence-corrected chi connectivity index (χ0v) is 11.2. The smallest absolute Gasteiger partial charge is 0.177 e. The molecule has 1 aromatic heterocycles. The van der Waals surface area contributed by atoms with Crippen molar-refractivity contribution in [1.82, 2.24) is 0 Å². The van der Waals surface area contributed by atoms with Crippen LogP contribution in [0.3, 0.4) is 0 Å². The molecule has 0 amide bonds. The highest BCUT2D eigenvalue weighted by atomic mass is 32.1. The Bertz CT molecular complexity index is 552. The Morgan fingerprint density at radius 1 is 1.12 bits per heavy atom. The summed E-state index contributed by atoms with van der Waals surface area (Å²) in [6.45, 7) is 6.11. The standard InChI is InChI=1S/C15H16OS/c1-10-4-5-11(2)13(8-10)9-14(16)15-12(3)6-7-17-15/h4-8H,9H2,1-3H3. The Hall–Kier alpha value is -1.41. The first-order valence-electron chi connectivity index (χ1n) is 5.71. The molecule has 1 aromatic carbocycles. The van der Waals surface area contributed by atoms with Gasteiger partial charge in [-0.05, 0) is 48.9 Å². The van der Waals surface area contributed by atoms with Crippen molar-refractivity contribution in [1.29, 1.82) is 0 Å². The number of carbonyl (C=O) groups is 1. The SMILES string of the molecule is Cc1ccc(C)c(CC(=O)c2sccc2C)c1. The average Bonchev–Trinajstić information content (AvgIpc) is 2.70. The third kappa shape index (κ3) is 2.64. The van der Waals surface area contributed by atoms with Crippen LogP contribution >= 0.6 is 11.3 Å². The van der Waals surface area contributed by atoms with Crippen LogP contribution in [-0.4, -0.2) is 5.78 Å². The number of carbonyl (C=O) groups excluding carboxylic acids is 1. The summed E-state index contributed by atoms with van der Waals surface area (Å²) in [4.78, 5) is 13.1. The van der Waals surface area contributed by atoms with Gasteiger partial charge in [0, 0.05) is 6.42 Å². The van der Waals surface area contributed by atoms with Crippen LogP contribution in [0.1, 0.15) is 31.9 Å². The molecule has 17 heavy (non-hydrogen) atoms. The monoisotopic (exact) mass is 244 g/mol. The molecule has 2 aromatic rings. The van der Waals surface area contributed by atoms with Crippen molar-refractivity contribution in [3.05, 3.63) is 56.8 Å². The quantitative estimate of drug-likeness (QED) is 0.743. The predicted octanol–water partition coefficient (Wildman–Crippen LogP) is 4.10. The maximum absolute atomic E-state index is 12.2. The van der Waals surface area contributed by atoms with Crippen LogP contribution < -0.4 is 0 Å². The van der Waals surface area contributed by atoms with E-state index in [0.717, 1.165) is 16.0 Å². The second-order valence-electron chi connectivity index (χ2n) is 4.46. The van der Waals surface area contributed by atoms with Crippen LogP contribution in [0.25, 0.3) is 0 Å². The fraction of sp³-hybridized carbons (Fsp3) is 0.267. The second kappa shape index (κ2) is 4.84. The van der Waals surface area contributed by atoms with Crippen LogP contribution in [0.4, 0.5) is 0 Å². The van der Waals surface area contributed by atoms with Gasteiger partial charge in [0.1, 0.15) is 0 Å². The van der Waals surface area contributed by atoms with Gasteiger partial charge in [-0.25, -0.2) is 0 Å². The van der Waals surface area contributed by atoms with Gasteiger partial charge in [-0.15, -0.1) is 11.3 Å². The summed E-state index contributed by atoms with van der Waals surface area (Å²) in [6, 6.07) is 8.27.